The van der Waals surface area contributed by atoms with Crippen LogP contribution in [0.1, 0.15) is 35.1 Å². The first kappa shape index (κ1) is 24.2. The van der Waals surface area contributed by atoms with Gasteiger partial charge in [0, 0.05) is 5.39 Å². The molecule has 4 aromatic rings. The van der Waals surface area contributed by atoms with Gasteiger partial charge in [0.1, 0.15) is 11.4 Å². The Morgan fingerprint density at radius 2 is 1.83 bits per heavy atom. The van der Waals surface area contributed by atoms with E-state index in [9.17, 15) is 31.9 Å². The number of rotatable bonds is 6. The van der Waals surface area contributed by atoms with Crippen LogP contribution in [0.5, 0.6) is 0 Å². The predicted molar refractivity (Wildman–Crippen MR) is 115 cm³/mol. The lowest BCUT2D eigenvalue weighted by atomic mass is 9.96. The topological polar surface area (TPSA) is 107 Å². The maximum atomic E-state index is 13.8. The number of amides is 1. The highest BCUT2D eigenvalue weighted by molar-refractivity contribution is 6.00. The fourth-order valence-corrected chi connectivity index (χ4v) is 3.68. The van der Waals surface area contributed by atoms with Crippen molar-refractivity contribution in [1.29, 1.82) is 0 Å². The molecule has 0 spiro atoms. The van der Waals surface area contributed by atoms with Crippen LogP contribution in [0.4, 0.5) is 22.0 Å². The van der Waals surface area contributed by atoms with Gasteiger partial charge in [-0.05, 0) is 47.4 Å². The lowest BCUT2D eigenvalue weighted by Crippen LogP contribution is -2.42. The summed E-state index contributed by atoms with van der Waals surface area (Å²) in [6, 6.07) is 9.46. The van der Waals surface area contributed by atoms with Crippen molar-refractivity contribution in [3.8, 4) is 11.1 Å². The molecule has 0 saturated heterocycles. The number of carbonyl (C=O) groups is 1. The van der Waals surface area contributed by atoms with E-state index in [2.05, 4.69) is 15.3 Å². The number of halogens is 5. The lowest BCUT2D eigenvalue weighted by Gasteiger charge is -2.26. The second-order valence-corrected chi connectivity index (χ2v) is 7.91. The van der Waals surface area contributed by atoms with Crippen LogP contribution in [-0.2, 0) is 12.1 Å². The van der Waals surface area contributed by atoms with Crippen LogP contribution in [0, 0.1) is 11.6 Å². The summed E-state index contributed by atoms with van der Waals surface area (Å²) in [5.74, 6) is -2.94. The van der Waals surface area contributed by atoms with Crippen molar-refractivity contribution in [2.24, 2.45) is 5.73 Å². The Balaban J connectivity index is 1.74. The van der Waals surface area contributed by atoms with Crippen LogP contribution < -0.4 is 5.73 Å². The average molecular weight is 491 g/mol. The Hall–Kier alpha value is -3.93. The van der Waals surface area contributed by atoms with E-state index >= 15 is 0 Å². The number of carbonyl (C=O) groups excluding carboxylic acids is 1. The Labute approximate surface area is 195 Å². The molecule has 2 aromatic carbocycles. The number of hydrogen-bond donors (Lipinski definition) is 2. The van der Waals surface area contributed by atoms with Gasteiger partial charge in [-0.3, -0.25) is 4.79 Å². The van der Waals surface area contributed by atoms with Crippen molar-refractivity contribution in [3.63, 3.8) is 0 Å². The molecule has 0 radical (unpaired) electrons. The van der Waals surface area contributed by atoms with Gasteiger partial charge in [0.05, 0.1) is 18.3 Å². The number of nitrogens with two attached hydrogens (primary N) is 1. The first-order valence-corrected chi connectivity index (χ1v) is 10.3. The largest absolute Gasteiger partial charge is 0.423 e. The Bertz CT molecular complexity index is 1440. The number of fused-ring (bicyclic) bond motifs is 1. The van der Waals surface area contributed by atoms with Crippen LogP contribution in [0.3, 0.4) is 0 Å². The number of alkyl halides is 3. The van der Waals surface area contributed by atoms with Crippen LogP contribution in [0.25, 0.3) is 22.0 Å². The molecular weight excluding hydrogens is 473 g/mol. The molecule has 0 fully saturated rings. The van der Waals surface area contributed by atoms with Crippen molar-refractivity contribution in [1.82, 2.24) is 20.0 Å². The molecule has 4 rings (SSSR count). The number of hydrogen-bond acceptors (Lipinski definition) is 5. The number of benzene rings is 2. The molecule has 2 heterocycles. The first-order valence-electron chi connectivity index (χ1n) is 10.3. The van der Waals surface area contributed by atoms with Gasteiger partial charge in [-0.25, -0.2) is 18.4 Å². The van der Waals surface area contributed by atoms with Gasteiger partial charge in [-0.2, -0.15) is 13.2 Å². The summed E-state index contributed by atoms with van der Waals surface area (Å²) in [7, 11) is 0. The molecule has 0 aliphatic heterocycles. The highest BCUT2D eigenvalue weighted by atomic mass is 19.4. The van der Waals surface area contributed by atoms with Crippen molar-refractivity contribution >= 4 is 16.8 Å². The summed E-state index contributed by atoms with van der Waals surface area (Å²) in [6.07, 6.45) is -4.57. The van der Waals surface area contributed by atoms with Gasteiger partial charge in [0.15, 0.2) is 11.6 Å². The minimum atomic E-state index is -4.93. The van der Waals surface area contributed by atoms with Crippen LogP contribution >= 0.6 is 0 Å². The number of aliphatic hydroxyl groups is 1. The normalized spacial score (nSPS) is 13.7. The third-order valence-corrected chi connectivity index (χ3v) is 5.64. The zero-order valence-electron chi connectivity index (χ0n) is 18.1. The van der Waals surface area contributed by atoms with Crippen LogP contribution in [0.2, 0.25) is 0 Å². The van der Waals surface area contributed by atoms with Gasteiger partial charge in [0.25, 0.3) is 5.91 Å². The minimum Gasteiger partial charge on any atom is -0.375 e. The molecule has 0 saturated carbocycles. The van der Waals surface area contributed by atoms with Crippen LogP contribution in [0.15, 0.2) is 48.7 Å². The number of nitrogens with zero attached hydrogens (tertiary/aromatic N) is 4. The van der Waals surface area contributed by atoms with E-state index in [0.717, 1.165) is 23.0 Å². The van der Waals surface area contributed by atoms with Crippen LogP contribution in [-0.4, -0.2) is 37.2 Å². The molecule has 35 heavy (non-hydrogen) atoms. The molecule has 7 nitrogen and oxygen atoms in total. The summed E-state index contributed by atoms with van der Waals surface area (Å²) in [4.78, 5) is 16.0. The zero-order valence-corrected chi connectivity index (χ0v) is 18.1. The number of aromatic nitrogens is 4. The second-order valence-electron chi connectivity index (χ2n) is 7.91. The molecule has 3 N–H and O–H groups in total. The highest BCUT2D eigenvalue weighted by Crippen LogP contribution is 2.40. The summed E-state index contributed by atoms with van der Waals surface area (Å²) < 4.78 is 68.3. The maximum Gasteiger partial charge on any atom is 0.423 e. The molecule has 182 valence electrons. The monoisotopic (exact) mass is 491 g/mol. The molecule has 12 heteroatoms. The Morgan fingerprint density at radius 3 is 2.46 bits per heavy atom. The first-order chi connectivity index (χ1) is 16.4. The van der Waals surface area contributed by atoms with E-state index in [4.69, 9.17) is 5.73 Å². The molecule has 1 amide bonds. The number of pyridine rings is 1. The van der Waals surface area contributed by atoms with Crippen molar-refractivity contribution in [3.05, 3.63) is 77.2 Å². The third kappa shape index (κ3) is 4.44. The van der Waals surface area contributed by atoms with E-state index < -0.39 is 41.4 Å². The van der Waals surface area contributed by atoms with Crippen molar-refractivity contribution in [2.45, 2.75) is 31.7 Å². The van der Waals surface area contributed by atoms with Gasteiger partial charge in [-0.1, -0.05) is 30.3 Å². The van der Waals surface area contributed by atoms with Crippen molar-refractivity contribution < 1.29 is 31.9 Å². The van der Waals surface area contributed by atoms with E-state index in [1.807, 2.05) is 0 Å². The summed E-state index contributed by atoms with van der Waals surface area (Å²) >= 11 is 0. The fourth-order valence-electron chi connectivity index (χ4n) is 3.68. The molecule has 0 unspecified atom stereocenters. The van der Waals surface area contributed by atoms with Gasteiger partial charge in [0.2, 0.25) is 5.60 Å². The maximum absolute atomic E-state index is 13.8. The second kappa shape index (κ2) is 8.69. The Morgan fingerprint density at radius 1 is 1.09 bits per heavy atom. The standard InChI is InChI=1S/C23H18F5N5O2/c1-2-22(35,23(26,27)28)20-11-33(32-31-20)10-12-3-5-14-15(13-4-6-16(24)17(25)8-13)9-19(21(29)34)30-18(14)7-12/h3-9,11,35H,2,10H2,1H3,(H2,29,34)/t22-/m0/s1. The fraction of sp³-hybridized carbons (Fsp3) is 0.217. The third-order valence-electron chi connectivity index (χ3n) is 5.64. The predicted octanol–water partition coefficient (Wildman–Crippen LogP) is 4.08. The summed E-state index contributed by atoms with van der Waals surface area (Å²) in [6.45, 7) is 1.16. The van der Waals surface area contributed by atoms with E-state index in [1.54, 1.807) is 18.2 Å². The molecule has 0 bridgehead atoms. The molecule has 0 aliphatic carbocycles. The lowest BCUT2D eigenvalue weighted by molar-refractivity contribution is -0.269. The number of primary amides is 1. The molecule has 2 aromatic heterocycles. The summed E-state index contributed by atoms with van der Waals surface area (Å²) in [5.41, 5.74) is 3.00. The van der Waals surface area contributed by atoms with Gasteiger partial charge < -0.3 is 10.8 Å². The SMILES string of the molecule is CC[C@](O)(c1cn(Cc2ccc3c(-c4ccc(F)c(F)c4)cc(C(N)=O)nc3c2)nn1)C(F)(F)F. The van der Waals surface area contributed by atoms with Crippen molar-refractivity contribution in [2.75, 3.05) is 0 Å². The van der Waals surface area contributed by atoms with E-state index in [1.165, 1.54) is 19.1 Å². The highest BCUT2D eigenvalue weighted by Gasteiger charge is 2.55. The Kier molecular flexibility index (Phi) is 6.01. The molecular formula is C23H18F5N5O2. The quantitative estimate of drug-likeness (QED) is 0.396. The smallest absolute Gasteiger partial charge is 0.375 e. The van der Waals surface area contributed by atoms with Gasteiger partial charge in [-0.15, -0.1) is 5.10 Å². The van der Waals surface area contributed by atoms with E-state index in [0.29, 0.717) is 27.6 Å². The molecule has 1 atom stereocenters. The minimum absolute atomic E-state index is 0.0242. The molecule has 0 aliphatic rings. The zero-order chi connectivity index (χ0) is 25.5. The summed E-state index contributed by atoms with van der Waals surface area (Å²) in [5, 5.41) is 17.7. The van der Waals surface area contributed by atoms with E-state index in [-0.39, 0.29) is 12.2 Å². The average Bonchev–Trinajstić information content (AvgIpc) is 3.27. The van der Waals surface area contributed by atoms with Gasteiger partial charge >= 0.3 is 6.18 Å².